The number of carboxylic acids is 1. The number of hydrogen-bond acceptors (Lipinski definition) is 6. The van der Waals surface area contributed by atoms with Crippen molar-refractivity contribution >= 4 is 46.6 Å². The Balaban J connectivity index is 1.63. The third kappa shape index (κ3) is 7.38. The quantitative estimate of drug-likeness (QED) is 0.205. The molecule has 3 rings (SSSR count). The van der Waals surface area contributed by atoms with Crippen LogP contribution in [0.3, 0.4) is 0 Å². The number of aliphatic carboxylic acids is 1. The number of aliphatic hydroxyl groups excluding tert-OH is 1. The van der Waals surface area contributed by atoms with Crippen molar-refractivity contribution in [3.8, 4) is 0 Å². The highest BCUT2D eigenvalue weighted by atomic mass is 35.5. The lowest BCUT2D eigenvalue weighted by Crippen LogP contribution is -2.43. The molecular weight excluding hydrogens is 490 g/mol. The molecule has 1 aromatic heterocycles. The number of carbonyl (C=O) groups excluding carboxylic acids is 1. The van der Waals surface area contributed by atoms with E-state index in [-0.39, 0.29) is 40.6 Å². The molecule has 0 saturated carbocycles. The van der Waals surface area contributed by atoms with Gasteiger partial charge in [-0.1, -0.05) is 72.3 Å². The predicted molar refractivity (Wildman–Crippen MR) is 137 cm³/mol. The van der Waals surface area contributed by atoms with E-state index in [2.05, 4.69) is 21.2 Å². The van der Waals surface area contributed by atoms with Crippen LogP contribution in [0.4, 0.5) is 5.82 Å². The van der Waals surface area contributed by atoms with Crippen LogP contribution in [0.5, 0.6) is 0 Å². The molecular formula is C24H24ClN5O4S. The number of nitrogens with one attached hydrogen (secondary N) is 3. The van der Waals surface area contributed by atoms with Gasteiger partial charge in [0.1, 0.15) is 0 Å². The standard InChI is InChI=1S/C24H24ClN5O4S/c25-19-13-18(22(32)30(11-12-31)15-16-7-3-1-4-8-16)14-26-21(19)28-29-24(35)27-20(23(33)34)17-9-5-2-6-10-17/h1-10,13-14,20,31H,11-12,15H2,(H,26,28)(H,33,34)(H2,27,29,35)/t20-/m0/s1. The summed E-state index contributed by atoms with van der Waals surface area (Å²) < 4.78 is 0. The summed E-state index contributed by atoms with van der Waals surface area (Å²) in [5.41, 5.74) is 7.07. The van der Waals surface area contributed by atoms with E-state index >= 15 is 0 Å². The van der Waals surface area contributed by atoms with Crippen LogP contribution in [0.1, 0.15) is 27.5 Å². The molecule has 0 bridgehead atoms. The van der Waals surface area contributed by atoms with E-state index in [0.717, 1.165) is 5.56 Å². The zero-order chi connectivity index (χ0) is 25.2. The Kier molecular flexibility index (Phi) is 9.36. The van der Waals surface area contributed by atoms with Gasteiger partial charge >= 0.3 is 5.97 Å². The van der Waals surface area contributed by atoms with Gasteiger partial charge in [-0.3, -0.25) is 15.6 Å². The van der Waals surface area contributed by atoms with Gasteiger partial charge in [0.25, 0.3) is 5.91 Å². The van der Waals surface area contributed by atoms with Crippen molar-refractivity contribution in [3.63, 3.8) is 0 Å². The van der Waals surface area contributed by atoms with E-state index in [9.17, 15) is 19.8 Å². The number of hydrazine groups is 1. The molecule has 0 saturated heterocycles. The first-order valence-corrected chi connectivity index (χ1v) is 11.4. The molecule has 1 amide bonds. The maximum Gasteiger partial charge on any atom is 0.330 e. The Labute approximate surface area is 212 Å². The van der Waals surface area contributed by atoms with E-state index in [1.54, 1.807) is 30.3 Å². The minimum Gasteiger partial charge on any atom is -0.479 e. The van der Waals surface area contributed by atoms with Crippen LogP contribution >= 0.6 is 23.8 Å². The first kappa shape index (κ1) is 25.9. The Morgan fingerprint density at radius 2 is 1.74 bits per heavy atom. The van der Waals surface area contributed by atoms with E-state index in [4.69, 9.17) is 23.8 Å². The number of thiocarbonyl (C=S) groups is 1. The van der Waals surface area contributed by atoms with Crippen LogP contribution in [0.25, 0.3) is 0 Å². The average Bonchev–Trinajstić information content (AvgIpc) is 2.86. The number of rotatable bonds is 10. The lowest BCUT2D eigenvalue weighted by molar-refractivity contribution is -0.139. The van der Waals surface area contributed by atoms with Crippen molar-refractivity contribution in [2.45, 2.75) is 12.6 Å². The number of carboxylic acid groups (broad SMARTS) is 1. The van der Waals surface area contributed by atoms with Crippen molar-refractivity contribution in [2.75, 3.05) is 18.6 Å². The van der Waals surface area contributed by atoms with E-state index in [1.807, 2.05) is 30.3 Å². The smallest absolute Gasteiger partial charge is 0.330 e. The minimum absolute atomic E-state index is 0.0104. The second kappa shape index (κ2) is 12.7. The number of pyridine rings is 1. The monoisotopic (exact) mass is 513 g/mol. The molecule has 0 unspecified atom stereocenters. The van der Waals surface area contributed by atoms with Gasteiger partial charge in [0, 0.05) is 19.3 Å². The van der Waals surface area contributed by atoms with Crippen LogP contribution in [0.15, 0.2) is 72.9 Å². The number of amides is 1. The average molecular weight is 514 g/mol. The summed E-state index contributed by atoms with van der Waals surface area (Å²) in [6.45, 7) is 0.290. The second-order valence-electron chi connectivity index (χ2n) is 7.40. The van der Waals surface area contributed by atoms with Crippen molar-refractivity contribution in [1.82, 2.24) is 20.6 Å². The van der Waals surface area contributed by atoms with Crippen molar-refractivity contribution in [2.24, 2.45) is 0 Å². The van der Waals surface area contributed by atoms with E-state index in [1.165, 1.54) is 17.2 Å². The fourth-order valence-corrected chi connectivity index (χ4v) is 3.61. The predicted octanol–water partition coefficient (Wildman–Crippen LogP) is 2.99. The molecule has 0 radical (unpaired) electrons. The molecule has 9 nitrogen and oxygen atoms in total. The first-order chi connectivity index (χ1) is 16.9. The molecule has 0 spiro atoms. The topological polar surface area (TPSA) is 127 Å². The number of carbonyl (C=O) groups is 2. The molecule has 182 valence electrons. The van der Waals surface area contributed by atoms with Gasteiger partial charge in [0.05, 0.1) is 17.2 Å². The minimum atomic E-state index is -1.10. The van der Waals surface area contributed by atoms with Crippen LogP contribution in [-0.4, -0.2) is 50.2 Å². The van der Waals surface area contributed by atoms with Crippen molar-refractivity contribution in [3.05, 3.63) is 94.6 Å². The molecule has 2 aromatic carbocycles. The summed E-state index contributed by atoms with van der Waals surface area (Å²) in [5, 5.41) is 21.8. The third-order valence-electron chi connectivity index (χ3n) is 4.91. The number of anilines is 1. The van der Waals surface area contributed by atoms with Crippen LogP contribution in [-0.2, 0) is 11.3 Å². The molecule has 0 aliphatic heterocycles. The van der Waals surface area contributed by atoms with Gasteiger partial charge in [0.15, 0.2) is 17.0 Å². The molecule has 3 aromatic rings. The molecule has 0 aliphatic carbocycles. The highest BCUT2D eigenvalue weighted by Gasteiger charge is 2.21. The molecule has 1 atom stereocenters. The number of hydrogen-bond donors (Lipinski definition) is 5. The lowest BCUT2D eigenvalue weighted by atomic mass is 10.1. The number of nitrogens with zero attached hydrogens (tertiary/aromatic N) is 2. The second-order valence-corrected chi connectivity index (χ2v) is 8.21. The van der Waals surface area contributed by atoms with Crippen LogP contribution in [0.2, 0.25) is 5.02 Å². The maximum atomic E-state index is 13.0. The first-order valence-electron chi connectivity index (χ1n) is 10.6. The molecule has 35 heavy (non-hydrogen) atoms. The summed E-state index contributed by atoms with van der Waals surface area (Å²) in [7, 11) is 0. The van der Waals surface area contributed by atoms with Crippen molar-refractivity contribution < 1.29 is 19.8 Å². The van der Waals surface area contributed by atoms with Crippen LogP contribution < -0.4 is 16.2 Å². The van der Waals surface area contributed by atoms with Gasteiger partial charge in [-0.05, 0) is 29.4 Å². The molecule has 1 heterocycles. The van der Waals surface area contributed by atoms with Gasteiger partial charge in [-0.2, -0.15) is 0 Å². The van der Waals surface area contributed by atoms with Crippen molar-refractivity contribution in [1.29, 1.82) is 0 Å². The summed E-state index contributed by atoms with van der Waals surface area (Å²) in [6, 6.07) is 18.4. The van der Waals surface area contributed by atoms with Gasteiger partial charge < -0.3 is 20.4 Å². The van der Waals surface area contributed by atoms with E-state index < -0.39 is 12.0 Å². The molecule has 0 aliphatic rings. The van der Waals surface area contributed by atoms with Gasteiger partial charge in [-0.15, -0.1) is 0 Å². The number of halogens is 1. The Morgan fingerprint density at radius 1 is 1.09 bits per heavy atom. The fraction of sp³-hybridized carbons (Fsp3) is 0.167. The highest BCUT2D eigenvalue weighted by molar-refractivity contribution is 7.80. The Bertz CT molecular complexity index is 1170. The largest absolute Gasteiger partial charge is 0.479 e. The highest BCUT2D eigenvalue weighted by Crippen LogP contribution is 2.21. The molecule has 5 N–H and O–H groups in total. The Hall–Kier alpha value is -3.73. The fourth-order valence-electron chi connectivity index (χ4n) is 3.22. The normalized spacial score (nSPS) is 11.3. The number of aromatic nitrogens is 1. The zero-order valence-corrected chi connectivity index (χ0v) is 20.1. The van der Waals surface area contributed by atoms with Gasteiger partial charge in [0.2, 0.25) is 0 Å². The molecule has 0 fully saturated rings. The summed E-state index contributed by atoms with van der Waals surface area (Å²) >= 11 is 11.5. The summed E-state index contributed by atoms with van der Waals surface area (Å²) in [6.07, 6.45) is 1.36. The number of benzene rings is 2. The summed E-state index contributed by atoms with van der Waals surface area (Å²) in [4.78, 5) is 30.3. The van der Waals surface area contributed by atoms with E-state index in [0.29, 0.717) is 12.1 Å². The molecule has 11 heteroatoms. The SMILES string of the molecule is O=C(O)[C@@H](NC(=S)NNc1ncc(C(=O)N(CCO)Cc2ccccc2)cc1Cl)c1ccccc1. The zero-order valence-electron chi connectivity index (χ0n) is 18.5. The van der Waals surface area contributed by atoms with Gasteiger partial charge in [-0.25, -0.2) is 9.78 Å². The maximum absolute atomic E-state index is 13.0. The third-order valence-corrected chi connectivity index (χ3v) is 5.42. The lowest BCUT2D eigenvalue weighted by Gasteiger charge is -2.22. The van der Waals surface area contributed by atoms with Crippen LogP contribution in [0, 0.1) is 0 Å². The Morgan fingerprint density at radius 3 is 2.34 bits per heavy atom. The number of aliphatic hydroxyl groups is 1. The summed E-state index contributed by atoms with van der Waals surface area (Å²) in [5.74, 6) is -1.24.